The summed E-state index contributed by atoms with van der Waals surface area (Å²) in [6.07, 6.45) is 2.17. The normalized spacial score (nSPS) is 11.9. The second kappa shape index (κ2) is 8.23. The summed E-state index contributed by atoms with van der Waals surface area (Å²) in [4.78, 5) is 23.1. The zero-order valence-corrected chi connectivity index (χ0v) is 16.4. The molecule has 7 heteroatoms. The van der Waals surface area contributed by atoms with Crippen molar-refractivity contribution in [3.05, 3.63) is 81.8 Å². The molecule has 2 heterocycles. The van der Waals surface area contributed by atoms with Crippen LogP contribution in [0.1, 0.15) is 16.7 Å². The monoisotopic (exact) mass is 399 g/mol. The zero-order valence-electron chi connectivity index (χ0n) is 16.4. The Morgan fingerprint density at radius 2 is 2.03 bits per heavy atom. The van der Waals surface area contributed by atoms with Gasteiger partial charge in [0.05, 0.1) is 41.0 Å². The van der Waals surface area contributed by atoms with Gasteiger partial charge >= 0.3 is 0 Å². The summed E-state index contributed by atoms with van der Waals surface area (Å²) in [6, 6.07) is 16.9. The average Bonchev–Trinajstić information content (AvgIpc) is 3.18. The van der Waals surface area contributed by atoms with E-state index in [1.165, 1.54) is 0 Å². The summed E-state index contributed by atoms with van der Waals surface area (Å²) in [7, 11) is 0. The number of nitrogens with zero attached hydrogens (tertiary/aromatic N) is 2. The minimum atomic E-state index is -0.298. The molecule has 0 aliphatic heterocycles. The lowest BCUT2D eigenvalue weighted by molar-refractivity contribution is 0.274. The number of imidazole rings is 1. The Balaban J connectivity index is 1.73. The van der Waals surface area contributed by atoms with Gasteiger partial charge in [-0.15, -0.1) is 0 Å². The van der Waals surface area contributed by atoms with E-state index in [4.69, 9.17) is 0 Å². The maximum Gasteiger partial charge on any atom is 0.261 e. The highest BCUT2D eigenvalue weighted by molar-refractivity contribution is 5.85. The highest BCUT2D eigenvalue weighted by Crippen LogP contribution is 2.27. The van der Waals surface area contributed by atoms with E-state index in [1.807, 2.05) is 37.3 Å². The van der Waals surface area contributed by atoms with Crippen LogP contribution in [0, 0.1) is 18.3 Å². The minimum Gasteiger partial charge on any atom is -0.394 e. The van der Waals surface area contributed by atoms with Gasteiger partial charge in [0.2, 0.25) is 0 Å². The molecule has 0 fully saturated rings. The molecule has 7 nitrogen and oxygen atoms in total. The molecule has 4 rings (SSSR count). The van der Waals surface area contributed by atoms with Crippen molar-refractivity contribution in [3.8, 4) is 17.5 Å². The van der Waals surface area contributed by atoms with Gasteiger partial charge in [-0.2, -0.15) is 5.26 Å². The van der Waals surface area contributed by atoms with Crippen molar-refractivity contribution in [2.24, 2.45) is 0 Å². The maximum atomic E-state index is 12.7. The van der Waals surface area contributed by atoms with Crippen molar-refractivity contribution < 1.29 is 5.11 Å². The van der Waals surface area contributed by atoms with Crippen LogP contribution in [0.3, 0.4) is 0 Å². The number of hydrogen-bond donors (Lipinski definition) is 4. The number of fused-ring (bicyclic) bond motifs is 1. The van der Waals surface area contributed by atoms with E-state index in [-0.39, 0.29) is 18.2 Å². The maximum absolute atomic E-state index is 12.7. The number of aryl methyl sites for hydroxylation is 1. The highest BCUT2D eigenvalue weighted by atomic mass is 16.3. The van der Waals surface area contributed by atoms with E-state index in [9.17, 15) is 15.2 Å². The molecule has 0 saturated heterocycles. The Labute approximate surface area is 173 Å². The first-order valence-corrected chi connectivity index (χ1v) is 9.63. The number of H-pyrrole nitrogens is 2. The molecule has 0 spiro atoms. The lowest BCUT2D eigenvalue weighted by Crippen LogP contribution is -2.28. The number of aliphatic hydroxyl groups is 1. The van der Waals surface area contributed by atoms with Crippen LogP contribution >= 0.6 is 0 Å². The molecule has 0 bridgehead atoms. The van der Waals surface area contributed by atoms with Crippen molar-refractivity contribution in [1.29, 1.82) is 5.26 Å². The van der Waals surface area contributed by atoms with Crippen LogP contribution in [0.2, 0.25) is 0 Å². The van der Waals surface area contributed by atoms with E-state index in [0.29, 0.717) is 40.1 Å². The highest BCUT2D eigenvalue weighted by Gasteiger charge is 2.18. The van der Waals surface area contributed by atoms with Gasteiger partial charge in [-0.25, -0.2) is 4.98 Å². The predicted molar refractivity (Wildman–Crippen MR) is 116 cm³/mol. The van der Waals surface area contributed by atoms with Gasteiger partial charge in [-0.3, -0.25) is 4.79 Å². The molecule has 1 unspecified atom stereocenters. The molecule has 0 amide bonds. The summed E-state index contributed by atoms with van der Waals surface area (Å²) in [5, 5.41) is 22.4. The van der Waals surface area contributed by atoms with E-state index < -0.39 is 0 Å². The van der Waals surface area contributed by atoms with Gasteiger partial charge in [0.25, 0.3) is 5.56 Å². The van der Waals surface area contributed by atoms with Crippen LogP contribution in [0.15, 0.2) is 59.5 Å². The average molecular weight is 399 g/mol. The summed E-state index contributed by atoms with van der Waals surface area (Å²) in [5.74, 6) is 0.406. The van der Waals surface area contributed by atoms with Gasteiger partial charge in [0.1, 0.15) is 11.4 Å². The molecule has 0 aliphatic rings. The van der Waals surface area contributed by atoms with Crippen LogP contribution in [-0.2, 0) is 6.42 Å². The third-order valence-corrected chi connectivity index (χ3v) is 5.01. The predicted octanol–water partition coefficient (Wildman–Crippen LogP) is 3.11. The molecule has 2 aromatic carbocycles. The largest absolute Gasteiger partial charge is 0.394 e. The third kappa shape index (κ3) is 3.81. The van der Waals surface area contributed by atoms with Crippen LogP contribution < -0.4 is 10.9 Å². The molecular formula is C23H21N5O2. The summed E-state index contributed by atoms with van der Waals surface area (Å²) in [6.45, 7) is 1.79. The van der Waals surface area contributed by atoms with Gasteiger partial charge in [-0.1, -0.05) is 30.3 Å². The number of aromatic amines is 2. The summed E-state index contributed by atoms with van der Waals surface area (Å²) >= 11 is 0. The fourth-order valence-electron chi connectivity index (χ4n) is 3.59. The standard InChI is InChI=1S/C23H21N5O2/c1-14-9-16(12-24)11-19-21(14)28-22(27-19)20-18(7-8-25-23(20)30)26-17(13-29)10-15-5-3-2-4-6-15/h2-9,11,17,29H,10,13H2,1H3,(H,27,28)(H2,25,26,30). The number of aliphatic hydroxyl groups excluding tert-OH is 1. The number of aromatic nitrogens is 3. The SMILES string of the molecule is Cc1cc(C#N)cc2[nH]c(-c3c(NC(CO)Cc4ccccc4)cc[nH]c3=O)nc12. The molecule has 0 radical (unpaired) electrons. The molecule has 4 N–H and O–H groups in total. The first kappa shape index (κ1) is 19.4. The quantitative estimate of drug-likeness (QED) is 0.397. The molecule has 0 saturated carbocycles. The molecule has 1 atom stereocenters. The van der Waals surface area contributed by atoms with Gasteiger partial charge in [0.15, 0.2) is 0 Å². The first-order chi connectivity index (χ1) is 14.6. The fraction of sp³-hybridized carbons (Fsp3) is 0.174. The van der Waals surface area contributed by atoms with Crippen LogP contribution in [0.4, 0.5) is 5.69 Å². The fourth-order valence-corrected chi connectivity index (χ4v) is 3.59. The summed E-state index contributed by atoms with van der Waals surface area (Å²) in [5.41, 5.74) is 4.50. The minimum absolute atomic E-state index is 0.0914. The lowest BCUT2D eigenvalue weighted by atomic mass is 10.1. The Morgan fingerprint density at radius 1 is 1.23 bits per heavy atom. The number of anilines is 1. The third-order valence-electron chi connectivity index (χ3n) is 5.01. The first-order valence-electron chi connectivity index (χ1n) is 9.63. The van der Waals surface area contributed by atoms with E-state index in [2.05, 4.69) is 26.3 Å². The second-order valence-electron chi connectivity index (χ2n) is 7.20. The number of rotatable bonds is 6. The van der Waals surface area contributed by atoms with Crippen molar-refractivity contribution in [1.82, 2.24) is 15.0 Å². The van der Waals surface area contributed by atoms with E-state index in [0.717, 1.165) is 11.1 Å². The van der Waals surface area contributed by atoms with E-state index >= 15 is 0 Å². The number of nitrogens with one attached hydrogen (secondary N) is 3. The van der Waals surface area contributed by atoms with Gasteiger partial charge in [0, 0.05) is 6.20 Å². The molecule has 150 valence electrons. The second-order valence-corrected chi connectivity index (χ2v) is 7.20. The Bertz CT molecular complexity index is 1280. The Kier molecular flexibility index (Phi) is 5.33. The Morgan fingerprint density at radius 3 is 2.77 bits per heavy atom. The molecule has 0 aliphatic carbocycles. The van der Waals surface area contributed by atoms with Crippen molar-refractivity contribution in [2.45, 2.75) is 19.4 Å². The number of hydrogen-bond acceptors (Lipinski definition) is 5. The topological polar surface area (TPSA) is 118 Å². The van der Waals surface area contributed by atoms with Crippen LogP contribution in [-0.4, -0.2) is 32.7 Å². The number of pyridine rings is 1. The summed E-state index contributed by atoms with van der Waals surface area (Å²) < 4.78 is 0. The van der Waals surface area contributed by atoms with E-state index in [1.54, 1.807) is 24.4 Å². The Hall–Kier alpha value is -3.89. The van der Waals surface area contributed by atoms with Crippen LogP contribution in [0.5, 0.6) is 0 Å². The van der Waals surface area contributed by atoms with Crippen molar-refractivity contribution >= 4 is 16.7 Å². The van der Waals surface area contributed by atoms with Crippen LogP contribution in [0.25, 0.3) is 22.4 Å². The van der Waals surface area contributed by atoms with Gasteiger partial charge in [-0.05, 0) is 42.7 Å². The molecule has 2 aromatic heterocycles. The molecule has 30 heavy (non-hydrogen) atoms. The van der Waals surface area contributed by atoms with Gasteiger partial charge < -0.3 is 20.4 Å². The molecular weight excluding hydrogens is 378 g/mol. The lowest BCUT2D eigenvalue weighted by Gasteiger charge is -2.19. The number of benzene rings is 2. The number of nitriles is 1. The van der Waals surface area contributed by atoms with Crippen molar-refractivity contribution in [2.75, 3.05) is 11.9 Å². The molecule has 4 aromatic rings. The smallest absolute Gasteiger partial charge is 0.261 e. The van der Waals surface area contributed by atoms with Crippen molar-refractivity contribution in [3.63, 3.8) is 0 Å². The zero-order chi connectivity index (χ0) is 21.1.